The second-order valence-electron chi connectivity index (χ2n) is 2.48. The van der Waals surface area contributed by atoms with Gasteiger partial charge in [-0.1, -0.05) is 6.07 Å². The van der Waals surface area contributed by atoms with Crippen molar-refractivity contribution in [2.75, 3.05) is 0 Å². The summed E-state index contributed by atoms with van der Waals surface area (Å²) in [5.41, 5.74) is 0.998. The highest BCUT2D eigenvalue weighted by Gasteiger charge is 2.07. The molecular weight excluding hydrogens is 204 g/mol. The van der Waals surface area contributed by atoms with Crippen LogP contribution in [0.15, 0.2) is 29.0 Å². The molecule has 2 aromatic heterocycles. The Kier molecular flexibility index (Phi) is 2.16. The van der Waals surface area contributed by atoms with Crippen LogP contribution in [0.1, 0.15) is 9.67 Å². The minimum Gasteiger partial charge on any atom is -0.477 e. The number of carboxylic acid groups (broad SMARTS) is 1. The molecule has 0 saturated carbocycles. The van der Waals surface area contributed by atoms with Crippen LogP contribution >= 0.6 is 22.7 Å². The van der Waals surface area contributed by atoms with Gasteiger partial charge in [-0.15, -0.1) is 22.7 Å². The zero-order chi connectivity index (χ0) is 9.26. The molecule has 0 radical (unpaired) electrons. The number of rotatable bonds is 2. The number of thiophene rings is 2. The Hall–Kier alpha value is -1.13. The molecule has 0 fully saturated rings. The molecule has 0 saturated heterocycles. The molecule has 66 valence electrons. The van der Waals surface area contributed by atoms with E-state index in [1.807, 2.05) is 22.9 Å². The van der Waals surface area contributed by atoms with Crippen molar-refractivity contribution in [2.24, 2.45) is 0 Å². The van der Waals surface area contributed by atoms with Crippen LogP contribution in [0.3, 0.4) is 0 Å². The van der Waals surface area contributed by atoms with E-state index in [0.29, 0.717) is 4.88 Å². The van der Waals surface area contributed by atoms with Crippen molar-refractivity contribution < 1.29 is 9.90 Å². The number of hydrogen-bond acceptors (Lipinski definition) is 3. The largest absolute Gasteiger partial charge is 0.477 e. The van der Waals surface area contributed by atoms with E-state index in [-0.39, 0.29) is 0 Å². The first-order valence-electron chi connectivity index (χ1n) is 3.63. The summed E-state index contributed by atoms with van der Waals surface area (Å²) in [6.07, 6.45) is 0. The molecule has 0 atom stereocenters. The van der Waals surface area contributed by atoms with E-state index in [1.54, 1.807) is 17.4 Å². The molecular formula is C9H6O2S2. The van der Waals surface area contributed by atoms with Gasteiger partial charge in [0.2, 0.25) is 0 Å². The second kappa shape index (κ2) is 3.32. The molecule has 0 amide bonds. The smallest absolute Gasteiger partial charge is 0.345 e. The zero-order valence-corrected chi connectivity index (χ0v) is 8.19. The van der Waals surface area contributed by atoms with Crippen molar-refractivity contribution in [2.45, 2.75) is 0 Å². The average molecular weight is 210 g/mol. The van der Waals surface area contributed by atoms with Crippen LogP contribution in [0, 0.1) is 0 Å². The molecule has 4 heteroatoms. The van der Waals surface area contributed by atoms with E-state index in [0.717, 1.165) is 10.4 Å². The van der Waals surface area contributed by atoms with Crippen LogP contribution in [0.4, 0.5) is 0 Å². The summed E-state index contributed by atoms with van der Waals surface area (Å²) in [5, 5.41) is 12.6. The van der Waals surface area contributed by atoms with Crippen LogP contribution in [-0.4, -0.2) is 11.1 Å². The summed E-state index contributed by atoms with van der Waals surface area (Å²) in [4.78, 5) is 12.1. The highest BCUT2D eigenvalue weighted by molar-refractivity contribution is 7.15. The maximum atomic E-state index is 10.6. The van der Waals surface area contributed by atoms with Crippen molar-refractivity contribution in [3.8, 4) is 10.4 Å². The molecule has 0 aromatic carbocycles. The van der Waals surface area contributed by atoms with Gasteiger partial charge in [0, 0.05) is 15.8 Å². The highest BCUT2D eigenvalue weighted by Crippen LogP contribution is 2.28. The van der Waals surface area contributed by atoms with Gasteiger partial charge in [0.05, 0.1) is 0 Å². The van der Waals surface area contributed by atoms with Crippen LogP contribution in [0.2, 0.25) is 0 Å². The predicted octanol–water partition coefficient (Wildman–Crippen LogP) is 3.17. The number of carboxylic acids is 1. The Morgan fingerprint density at radius 1 is 1.38 bits per heavy atom. The van der Waals surface area contributed by atoms with Gasteiger partial charge in [0.15, 0.2) is 0 Å². The van der Waals surface area contributed by atoms with Crippen LogP contribution < -0.4 is 0 Å². The van der Waals surface area contributed by atoms with Crippen molar-refractivity contribution in [1.29, 1.82) is 0 Å². The molecule has 2 aromatic rings. The average Bonchev–Trinajstić information content (AvgIpc) is 2.75. The van der Waals surface area contributed by atoms with Crippen molar-refractivity contribution in [3.63, 3.8) is 0 Å². The monoisotopic (exact) mass is 210 g/mol. The highest BCUT2D eigenvalue weighted by atomic mass is 32.1. The molecule has 0 spiro atoms. The first-order chi connectivity index (χ1) is 6.27. The molecule has 0 aliphatic carbocycles. The maximum Gasteiger partial charge on any atom is 0.345 e. The fourth-order valence-corrected chi connectivity index (χ4v) is 2.55. The van der Waals surface area contributed by atoms with Crippen molar-refractivity contribution in [3.05, 3.63) is 33.8 Å². The van der Waals surface area contributed by atoms with Gasteiger partial charge in [-0.2, -0.15) is 0 Å². The summed E-state index contributed by atoms with van der Waals surface area (Å²) < 4.78 is 0. The van der Waals surface area contributed by atoms with Gasteiger partial charge >= 0.3 is 5.97 Å². The molecule has 2 heterocycles. The van der Waals surface area contributed by atoms with Crippen molar-refractivity contribution in [1.82, 2.24) is 0 Å². The van der Waals surface area contributed by atoms with E-state index >= 15 is 0 Å². The van der Waals surface area contributed by atoms with Gasteiger partial charge in [-0.05, 0) is 17.5 Å². The van der Waals surface area contributed by atoms with Crippen LogP contribution in [-0.2, 0) is 0 Å². The quantitative estimate of drug-likeness (QED) is 0.826. The van der Waals surface area contributed by atoms with E-state index in [2.05, 4.69) is 0 Å². The standard InChI is InChI=1S/C9H6O2S2/c10-9(11)8-4-6(5-13-8)7-2-1-3-12-7/h1-5H,(H,10,11). The number of carbonyl (C=O) groups is 1. The minimum absolute atomic E-state index is 0.392. The maximum absolute atomic E-state index is 10.6. The summed E-state index contributed by atoms with van der Waals surface area (Å²) in [5.74, 6) is -0.854. The number of aromatic carboxylic acids is 1. The molecule has 2 rings (SSSR count). The SMILES string of the molecule is O=C(O)c1cc(-c2cccs2)cs1. The summed E-state index contributed by atoms with van der Waals surface area (Å²) in [6, 6.07) is 5.65. The third kappa shape index (κ3) is 1.64. The fourth-order valence-electron chi connectivity index (χ4n) is 1.02. The summed E-state index contributed by atoms with van der Waals surface area (Å²) >= 11 is 2.88. The van der Waals surface area contributed by atoms with Gasteiger partial charge in [0.25, 0.3) is 0 Å². The van der Waals surface area contributed by atoms with E-state index < -0.39 is 5.97 Å². The van der Waals surface area contributed by atoms with Crippen LogP contribution in [0.5, 0.6) is 0 Å². The summed E-state index contributed by atoms with van der Waals surface area (Å²) in [7, 11) is 0. The molecule has 13 heavy (non-hydrogen) atoms. The predicted molar refractivity (Wildman–Crippen MR) is 54.6 cm³/mol. The number of hydrogen-bond donors (Lipinski definition) is 1. The molecule has 0 aliphatic rings. The van der Waals surface area contributed by atoms with Gasteiger partial charge in [0.1, 0.15) is 4.88 Å². The van der Waals surface area contributed by atoms with Crippen molar-refractivity contribution >= 4 is 28.6 Å². The fraction of sp³-hybridized carbons (Fsp3) is 0. The first-order valence-corrected chi connectivity index (χ1v) is 5.39. The third-order valence-corrected chi connectivity index (χ3v) is 3.45. The first kappa shape index (κ1) is 8.47. The Morgan fingerprint density at radius 3 is 2.77 bits per heavy atom. The third-order valence-electron chi connectivity index (χ3n) is 1.62. The summed E-state index contributed by atoms with van der Waals surface area (Å²) in [6.45, 7) is 0. The van der Waals surface area contributed by atoms with E-state index in [9.17, 15) is 4.79 Å². The normalized spacial score (nSPS) is 10.2. The lowest BCUT2D eigenvalue weighted by Crippen LogP contribution is -1.89. The van der Waals surface area contributed by atoms with Gasteiger partial charge in [-0.25, -0.2) is 4.79 Å². The zero-order valence-electron chi connectivity index (χ0n) is 6.56. The molecule has 0 unspecified atom stereocenters. The van der Waals surface area contributed by atoms with Crippen LogP contribution in [0.25, 0.3) is 10.4 Å². The molecule has 0 aliphatic heterocycles. The topological polar surface area (TPSA) is 37.3 Å². The minimum atomic E-state index is -0.854. The molecule has 2 nitrogen and oxygen atoms in total. The Bertz CT molecular complexity index is 415. The lowest BCUT2D eigenvalue weighted by Gasteiger charge is -1.86. The Balaban J connectivity index is 2.39. The molecule has 1 N–H and O–H groups in total. The van der Waals surface area contributed by atoms with E-state index in [1.165, 1.54) is 11.3 Å². The van der Waals surface area contributed by atoms with E-state index in [4.69, 9.17) is 5.11 Å². The molecule has 0 bridgehead atoms. The lowest BCUT2D eigenvalue weighted by atomic mass is 10.2. The Morgan fingerprint density at radius 2 is 2.23 bits per heavy atom. The lowest BCUT2D eigenvalue weighted by molar-refractivity contribution is 0.0702. The Labute approximate surface area is 83.1 Å². The van der Waals surface area contributed by atoms with Gasteiger partial charge < -0.3 is 5.11 Å². The van der Waals surface area contributed by atoms with Gasteiger partial charge in [-0.3, -0.25) is 0 Å². The second-order valence-corrected chi connectivity index (χ2v) is 4.34.